The number of aliphatic imine (C=N–C) groups is 1. The average Bonchev–Trinajstić information content (AvgIpc) is 3.43. The fraction of sp³-hybridized carbons (Fsp3) is 0.478. The molecule has 1 atom stereocenters. The van der Waals surface area contributed by atoms with Gasteiger partial charge in [-0.1, -0.05) is 18.2 Å². The van der Waals surface area contributed by atoms with Crippen LogP contribution in [-0.4, -0.2) is 30.6 Å². The average molecular weight is 538 g/mol. The molecule has 1 saturated carbocycles. The first-order valence-corrected chi connectivity index (χ1v) is 10.8. The van der Waals surface area contributed by atoms with Crippen molar-refractivity contribution in [3.63, 3.8) is 0 Å². The highest BCUT2D eigenvalue weighted by Gasteiger charge is 2.43. The predicted octanol–water partition coefficient (Wildman–Crippen LogP) is 3.91. The second kappa shape index (κ2) is 10.9. The second-order valence-corrected chi connectivity index (χ2v) is 7.98. The maximum absolute atomic E-state index is 12.2. The molecule has 2 aromatic rings. The van der Waals surface area contributed by atoms with E-state index in [1.807, 2.05) is 25.1 Å². The summed E-state index contributed by atoms with van der Waals surface area (Å²) in [6, 6.07) is 11.9. The van der Waals surface area contributed by atoms with E-state index in [0.29, 0.717) is 12.5 Å². The molecule has 1 spiro atoms. The van der Waals surface area contributed by atoms with Gasteiger partial charge in [-0.15, -0.1) is 24.0 Å². The van der Waals surface area contributed by atoms with Crippen molar-refractivity contribution in [2.24, 2.45) is 4.99 Å². The van der Waals surface area contributed by atoms with Gasteiger partial charge in [-0.2, -0.15) is 0 Å². The minimum atomic E-state index is -0.150. The van der Waals surface area contributed by atoms with Crippen LogP contribution in [0.5, 0.6) is 5.75 Å². The number of hydrogen-bond acceptors (Lipinski definition) is 4. The third-order valence-corrected chi connectivity index (χ3v) is 5.79. The molecule has 1 amide bonds. The number of fused-ring (bicyclic) bond motifs is 1. The molecular weight excluding hydrogens is 507 g/mol. The number of carbonyl (C=O) groups is 1. The van der Waals surface area contributed by atoms with Gasteiger partial charge in [-0.3, -0.25) is 4.79 Å². The van der Waals surface area contributed by atoms with Gasteiger partial charge in [0.15, 0.2) is 5.96 Å². The predicted molar refractivity (Wildman–Crippen MR) is 131 cm³/mol. The number of furan rings is 1. The lowest BCUT2D eigenvalue weighted by atomic mass is 9.86. The van der Waals surface area contributed by atoms with E-state index in [9.17, 15) is 4.79 Å². The van der Waals surface area contributed by atoms with E-state index in [1.165, 1.54) is 12.8 Å². The highest BCUT2D eigenvalue weighted by atomic mass is 127. The van der Waals surface area contributed by atoms with Gasteiger partial charge in [-0.05, 0) is 50.8 Å². The number of rotatable bonds is 6. The molecule has 0 saturated heterocycles. The molecule has 31 heavy (non-hydrogen) atoms. The van der Waals surface area contributed by atoms with Crippen molar-refractivity contribution < 1.29 is 13.9 Å². The zero-order valence-electron chi connectivity index (χ0n) is 17.9. The zero-order chi connectivity index (χ0) is 20.8. The standard InChI is InChI=1S/C23H30N4O3.HI/c1-2-24-22(26-16-21(28)25-15-17-8-7-13-29-17)27-19-14-23(11-5-6-12-23)30-20-10-4-3-9-18(19)20;/h3-4,7-10,13,19H,2,5-6,11-12,14-16H2,1H3,(H,25,28)(H2,24,26,27);1H. The molecule has 168 valence electrons. The van der Waals surface area contributed by atoms with Crippen LogP contribution in [0.25, 0.3) is 0 Å². The molecule has 8 heteroatoms. The molecule has 1 aliphatic carbocycles. The third-order valence-electron chi connectivity index (χ3n) is 5.79. The minimum Gasteiger partial charge on any atom is -0.487 e. The number of nitrogens with one attached hydrogen (secondary N) is 3. The molecule has 4 rings (SSSR count). The lowest BCUT2D eigenvalue weighted by Gasteiger charge is -2.40. The fourth-order valence-corrected chi connectivity index (χ4v) is 4.36. The molecule has 2 heterocycles. The first kappa shape index (κ1) is 23.4. The molecule has 3 N–H and O–H groups in total. The van der Waals surface area contributed by atoms with Gasteiger partial charge >= 0.3 is 0 Å². The van der Waals surface area contributed by atoms with Gasteiger partial charge < -0.3 is 25.1 Å². The van der Waals surface area contributed by atoms with Gasteiger partial charge in [0.25, 0.3) is 0 Å². The summed E-state index contributed by atoms with van der Waals surface area (Å²) >= 11 is 0. The Bertz CT molecular complexity index is 879. The number of nitrogens with zero attached hydrogens (tertiary/aromatic N) is 1. The Balaban J connectivity index is 0.00000272. The maximum Gasteiger partial charge on any atom is 0.242 e. The Labute approximate surface area is 200 Å². The zero-order valence-corrected chi connectivity index (χ0v) is 20.2. The van der Waals surface area contributed by atoms with Crippen LogP contribution < -0.4 is 20.7 Å². The number of carbonyl (C=O) groups excluding carboxylic acids is 1. The summed E-state index contributed by atoms with van der Waals surface area (Å²) in [7, 11) is 0. The van der Waals surface area contributed by atoms with Crippen molar-refractivity contribution in [3.8, 4) is 5.75 Å². The normalized spacial score (nSPS) is 19.1. The van der Waals surface area contributed by atoms with Gasteiger partial charge in [0.05, 0.1) is 18.8 Å². The van der Waals surface area contributed by atoms with Gasteiger partial charge in [0, 0.05) is 18.5 Å². The van der Waals surface area contributed by atoms with Crippen molar-refractivity contribution in [3.05, 3.63) is 54.0 Å². The molecular formula is C23H31IN4O3. The van der Waals surface area contributed by atoms with Crippen LogP contribution in [0.15, 0.2) is 52.1 Å². The van der Waals surface area contributed by atoms with Crippen LogP contribution in [0, 0.1) is 0 Å². The summed E-state index contributed by atoms with van der Waals surface area (Å²) in [5, 5.41) is 9.64. The number of guanidine groups is 1. The molecule has 0 bridgehead atoms. The van der Waals surface area contributed by atoms with E-state index in [1.54, 1.807) is 12.3 Å². The summed E-state index contributed by atoms with van der Waals surface area (Å²) in [5.74, 6) is 2.16. The number of amides is 1. The van der Waals surface area contributed by atoms with Crippen molar-refractivity contribution in [1.29, 1.82) is 0 Å². The van der Waals surface area contributed by atoms with E-state index in [0.717, 1.165) is 42.9 Å². The molecule has 1 aromatic heterocycles. The molecule has 1 fully saturated rings. The van der Waals surface area contributed by atoms with E-state index >= 15 is 0 Å². The fourth-order valence-electron chi connectivity index (χ4n) is 4.36. The number of ether oxygens (including phenoxy) is 1. The molecule has 1 aliphatic heterocycles. The summed E-state index contributed by atoms with van der Waals surface area (Å²) in [4.78, 5) is 16.7. The Morgan fingerprint density at radius 2 is 1.97 bits per heavy atom. The van der Waals surface area contributed by atoms with Gasteiger partial charge in [0.2, 0.25) is 5.91 Å². The Morgan fingerprint density at radius 3 is 2.71 bits per heavy atom. The minimum absolute atomic E-state index is 0. The van der Waals surface area contributed by atoms with Crippen LogP contribution >= 0.6 is 24.0 Å². The van der Waals surface area contributed by atoms with E-state index in [2.05, 4.69) is 33.1 Å². The van der Waals surface area contributed by atoms with Crippen LogP contribution in [0.3, 0.4) is 0 Å². The van der Waals surface area contributed by atoms with Gasteiger partial charge in [0.1, 0.15) is 23.7 Å². The number of benzene rings is 1. The highest BCUT2D eigenvalue weighted by Crippen LogP contribution is 2.46. The number of halogens is 1. The lowest BCUT2D eigenvalue weighted by Crippen LogP contribution is -2.47. The summed E-state index contributed by atoms with van der Waals surface area (Å²) in [6.45, 7) is 3.15. The summed E-state index contributed by atoms with van der Waals surface area (Å²) < 4.78 is 11.7. The highest BCUT2D eigenvalue weighted by molar-refractivity contribution is 14.0. The van der Waals surface area contributed by atoms with Crippen molar-refractivity contribution in [2.75, 3.05) is 13.1 Å². The Hall–Kier alpha value is -2.23. The van der Waals surface area contributed by atoms with E-state index < -0.39 is 0 Å². The van der Waals surface area contributed by atoms with E-state index in [4.69, 9.17) is 9.15 Å². The molecule has 2 aliphatic rings. The van der Waals surface area contributed by atoms with Crippen molar-refractivity contribution in [1.82, 2.24) is 16.0 Å². The monoisotopic (exact) mass is 538 g/mol. The number of hydrogen-bond donors (Lipinski definition) is 3. The smallest absolute Gasteiger partial charge is 0.242 e. The third kappa shape index (κ3) is 5.93. The molecule has 1 aromatic carbocycles. The first-order valence-electron chi connectivity index (χ1n) is 10.8. The van der Waals surface area contributed by atoms with Crippen LogP contribution in [0.4, 0.5) is 0 Å². The van der Waals surface area contributed by atoms with Crippen LogP contribution in [0.1, 0.15) is 56.4 Å². The topological polar surface area (TPSA) is 87.9 Å². The Morgan fingerprint density at radius 1 is 1.16 bits per heavy atom. The van der Waals surface area contributed by atoms with Crippen molar-refractivity contribution in [2.45, 2.75) is 57.2 Å². The summed E-state index contributed by atoms with van der Waals surface area (Å²) in [5.41, 5.74) is 1.05. The van der Waals surface area contributed by atoms with Gasteiger partial charge in [-0.25, -0.2) is 4.99 Å². The summed E-state index contributed by atoms with van der Waals surface area (Å²) in [6.07, 6.45) is 7.08. The second-order valence-electron chi connectivity index (χ2n) is 7.98. The lowest BCUT2D eigenvalue weighted by molar-refractivity contribution is -0.119. The van der Waals surface area contributed by atoms with Crippen LogP contribution in [0.2, 0.25) is 0 Å². The first-order chi connectivity index (χ1) is 14.7. The van der Waals surface area contributed by atoms with Crippen molar-refractivity contribution >= 4 is 35.8 Å². The molecule has 1 unspecified atom stereocenters. The SMILES string of the molecule is CCNC(=NCC(=O)NCc1ccco1)NC1CC2(CCCC2)Oc2ccccc21.I. The van der Waals surface area contributed by atoms with Crippen LogP contribution in [-0.2, 0) is 11.3 Å². The quantitative estimate of drug-likeness (QED) is 0.295. The number of para-hydroxylation sites is 1. The maximum atomic E-state index is 12.2. The largest absolute Gasteiger partial charge is 0.487 e. The molecule has 7 nitrogen and oxygen atoms in total. The molecule has 0 radical (unpaired) electrons. The van der Waals surface area contributed by atoms with E-state index in [-0.39, 0.29) is 48.1 Å². The Kier molecular flexibility index (Phi) is 8.22.